The van der Waals surface area contributed by atoms with Gasteiger partial charge in [-0.15, -0.1) is 11.3 Å². The maximum Gasteiger partial charge on any atom is 0.263 e. The van der Waals surface area contributed by atoms with Crippen LogP contribution in [0.25, 0.3) is 21.3 Å². The van der Waals surface area contributed by atoms with Crippen molar-refractivity contribution >= 4 is 44.7 Å². The first kappa shape index (κ1) is 20.3. The van der Waals surface area contributed by atoms with Crippen LogP contribution in [0, 0.1) is 20.8 Å². The van der Waals surface area contributed by atoms with Crippen LogP contribution in [0.3, 0.4) is 0 Å². The van der Waals surface area contributed by atoms with E-state index in [1.54, 1.807) is 18.2 Å². The number of carbonyl (C=O) groups excluding carboxylic acids is 1. The highest BCUT2D eigenvalue weighted by atomic mass is 35.5. The van der Waals surface area contributed by atoms with Crippen LogP contribution in [0.15, 0.2) is 52.9 Å². The smallest absolute Gasteiger partial charge is 0.263 e. The van der Waals surface area contributed by atoms with E-state index in [1.807, 2.05) is 31.4 Å². The third-order valence-electron chi connectivity index (χ3n) is 5.23. The number of halogens is 1. The molecule has 0 fully saturated rings. The number of hydrogen-bond acceptors (Lipinski definition) is 4. The largest absolute Gasteiger partial charge is 0.324 e. The zero-order valence-corrected chi connectivity index (χ0v) is 18.4. The molecule has 1 amide bonds. The fraction of sp³-hybridized carbons (Fsp3) is 0.174. The molecule has 30 heavy (non-hydrogen) atoms. The van der Waals surface area contributed by atoms with E-state index in [-0.39, 0.29) is 18.0 Å². The summed E-state index contributed by atoms with van der Waals surface area (Å²) in [6.45, 7) is 5.81. The highest BCUT2D eigenvalue weighted by Gasteiger charge is 2.15. The Hall–Kier alpha value is -2.96. The zero-order chi connectivity index (χ0) is 21.4. The number of nitrogens with one attached hydrogen (secondary N) is 1. The van der Waals surface area contributed by atoms with Gasteiger partial charge in [0.05, 0.1) is 11.7 Å². The number of carbonyl (C=O) groups is 1. The van der Waals surface area contributed by atoms with Crippen molar-refractivity contribution in [1.29, 1.82) is 0 Å². The van der Waals surface area contributed by atoms with E-state index >= 15 is 0 Å². The van der Waals surface area contributed by atoms with Crippen LogP contribution >= 0.6 is 22.9 Å². The van der Waals surface area contributed by atoms with E-state index in [1.165, 1.54) is 27.8 Å². The fourth-order valence-corrected chi connectivity index (χ4v) is 4.37. The van der Waals surface area contributed by atoms with Crippen LogP contribution in [0.4, 0.5) is 5.69 Å². The lowest BCUT2D eigenvalue weighted by Crippen LogP contribution is -2.28. The average Bonchev–Trinajstić information content (AvgIpc) is 3.15. The SMILES string of the molecule is Cc1ccc(-c2csc3ncn(CC(=O)Nc4cccc(Cl)c4C)c(=O)c23)cc1C. The van der Waals surface area contributed by atoms with Crippen molar-refractivity contribution in [2.75, 3.05) is 5.32 Å². The van der Waals surface area contributed by atoms with Crippen LogP contribution in [0.1, 0.15) is 16.7 Å². The summed E-state index contributed by atoms with van der Waals surface area (Å²) < 4.78 is 1.34. The summed E-state index contributed by atoms with van der Waals surface area (Å²) in [5.74, 6) is -0.313. The Morgan fingerprint density at radius 1 is 1.17 bits per heavy atom. The van der Waals surface area contributed by atoms with Gasteiger partial charge in [-0.1, -0.05) is 35.9 Å². The van der Waals surface area contributed by atoms with Crippen LogP contribution in [-0.2, 0) is 11.3 Å². The Morgan fingerprint density at radius 3 is 2.73 bits per heavy atom. The molecule has 0 spiro atoms. The van der Waals surface area contributed by atoms with Gasteiger partial charge in [-0.05, 0) is 55.2 Å². The van der Waals surface area contributed by atoms with Crippen LogP contribution in [-0.4, -0.2) is 15.5 Å². The second-order valence-corrected chi connectivity index (χ2v) is 8.53. The molecule has 0 unspecified atom stereocenters. The van der Waals surface area contributed by atoms with Gasteiger partial charge in [0, 0.05) is 21.7 Å². The molecule has 0 atom stereocenters. The highest BCUT2D eigenvalue weighted by Crippen LogP contribution is 2.31. The summed E-state index contributed by atoms with van der Waals surface area (Å²) in [4.78, 5) is 30.8. The number of thiophene rings is 1. The second-order valence-electron chi connectivity index (χ2n) is 7.27. The van der Waals surface area contributed by atoms with Crippen molar-refractivity contribution in [3.05, 3.63) is 80.2 Å². The Labute approximate surface area is 183 Å². The van der Waals surface area contributed by atoms with Gasteiger partial charge in [-0.2, -0.15) is 0 Å². The van der Waals surface area contributed by atoms with Gasteiger partial charge < -0.3 is 5.32 Å². The lowest BCUT2D eigenvalue weighted by Gasteiger charge is -2.11. The molecule has 152 valence electrons. The van der Waals surface area contributed by atoms with Crippen molar-refractivity contribution < 1.29 is 4.79 Å². The van der Waals surface area contributed by atoms with Crippen molar-refractivity contribution in [2.24, 2.45) is 0 Å². The molecule has 0 aliphatic heterocycles. The van der Waals surface area contributed by atoms with Gasteiger partial charge in [-0.25, -0.2) is 4.98 Å². The molecule has 0 aliphatic carbocycles. The molecule has 2 aromatic heterocycles. The molecule has 7 heteroatoms. The summed E-state index contributed by atoms with van der Waals surface area (Å²) in [5, 5.41) is 5.88. The summed E-state index contributed by atoms with van der Waals surface area (Å²) in [6, 6.07) is 11.4. The minimum absolute atomic E-state index is 0.129. The van der Waals surface area contributed by atoms with Gasteiger partial charge in [0.1, 0.15) is 11.4 Å². The summed E-state index contributed by atoms with van der Waals surface area (Å²) in [7, 11) is 0. The average molecular weight is 438 g/mol. The second kappa shape index (κ2) is 8.05. The van der Waals surface area contributed by atoms with Crippen molar-refractivity contribution in [2.45, 2.75) is 27.3 Å². The first-order valence-corrected chi connectivity index (χ1v) is 10.7. The maximum absolute atomic E-state index is 13.2. The molecule has 0 aliphatic rings. The van der Waals surface area contributed by atoms with Crippen LogP contribution < -0.4 is 10.9 Å². The van der Waals surface area contributed by atoms with Gasteiger partial charge in [-0.3, -0.25) is 14.2 Å². The van der Waals surface area contributed by atoms with E-state index < -0.39 is 0 Å². The first-order valence-electron chi connectivity index (χ1n) is 9.44. The van der Waals surface area contributed by atoms with Crippen molar-refractivity contribution in [3.63, 3.8) is 0 Å². The third-order valence-corrected chi connectivity index (χ3v) is 6.53. The first-order chi connectivity index (χ1) is 14.3. The minimum atomic E-state index is -0.313. The Bertz CT molecular complexity index is 1340. The molecule has 0 bridgehead atoms. The summed E-state index contributed by atoms with van der Waals surface area (Å²) in [6.07, 6.45) is 1.43. The number of benzene rings is 2. The van der Waals surface area contributed by atoms with Crippen molar-refractivity contribution in [3.8, 4) is 11.1 Å². The van der Waals surface area contributed by atoms with Crippen molar-refractivity contribution in [1.82, 2.24) is 9.55 Å². The van der Waals surface area contributed by atoms with E-state index in [4.69, 9.17) is 11.6 Å². The van der Waals surface area contributed by atoms with E-state index in [0.29, 0.717) is 20.9 Å². The van der Waals surface area contributed by atoms with Gasteiger partial charge in [0.25, 0.3) is 5.56 Å². The molecule has 2 heterocycles. The number of amides is 1. The number of aryl methyl sites for hydroxylation is 2. The molecule has 4 rings (SSSR count). The highest BCUT2D eigenvalue weighted by molar-refractivity contribution is 7.17. The standard InChI is InChI=1S/C23H20ClN3O2S/c1-13-7-8-16(9-14(13)2)17-11-30-22-21(17)23(29)27(12-25-22)10-20(28)26-19-6-4-5-18(24)15(19)3/h4-9,11-12H,10H2,1-3H3,(H,26,28). The quantitative estimate of drug-likeness (QED) is 0.468. The van der Waals surface area contributed by atoms with Crippen LogP contribution in [0.5, 0.6) is 0 Å². The van der Waals surface area contributed by atoms with E-state index in [0.717, 1.165) is 22.3 Å². The molecule has 4 aromatic rings. The third kappa shape index (κ3) is 3.76. The van der Waals surface area contributed by atoms with E-state index in [2.05, 4.69) is 23.3 Å². The van der Waals surface area contributed by atoms with Gasteiger partial charge >= 0.3 is 0 Å². The number of rotatable bonds is 4. The minimum Gasteiger partial charge on any atom is -0.324 e. The Balaban J connectivity index is 1.68. The zero-order valence-electron chi connectivity index (χ0n) is 16.8. The maximum atomic E-state index is 13.2. The molecule has 2 aromatic carbocycles. The number of anilines is 1. The van der Waals surface area contributed by atoms with E-state index in [9.17, 15) is 9.59 Å². The molecule has 5 nitrogen and oxygen atoms in total. The predicted molar refractivity (Wildman–Crippen MR) is 124 cm³/mol. The topological polar surface area (TPSA) is 64.0 Å². The molecule has 1 N–H and O–H groups in total. The lowest BCUT2D eigenvalue weighted by molar-refractivity contribution is -0.116. The van der Waals surface area contributed by atoms with Gasteiger partial charge in [0.2, 0.25) is 5.91 Å². The molecular formula is C23H20ClN3O2S. The molecular weight excluding hydrogens is 418 g/mol. The number of aromatic nitrogens is 2. The summed E-state index contributed by atoms with van der Waals surface area (Å²) >= 11 is 7.54. The number of hydrogen-bond donors (Lipinski definition) is 1. The normalized spacial score (nSPS) is 11.1. The number of nitrogens with zero attached hydrogens (tertiary/aromatic N) is 2. The predicted octanol–water partition coefficient (Wildman–Crippen LogP) is 5.34. The molecule has 0 radical (unpaired) electrons. The fourth-order valence-electron chi connectivity index (χ4n) is 3.29. The number of fused-ring (bicyclic) bond motifs is 1. The Kier molecular flexibility index (Phi) is 5.45. The Morgan fingerprint density at radius 2 is 1.97 bits per heavy atom. The monoisotopic (exact) mass is 437 g/mol. The molecule has 0 saturated carbocycles. The van der Waals surface area contributed by atoms with Gasteiger partial charge in [0.15, 0.2) is 0 Å². The lowest BCUT2D eigenvalue weighted by atomic mass is 10.0. The van der Waals surface area contributed by atoms with Crippen LogP contribution in [0.2, 0.25) is 5.02 Å². The summed E-state index contributed by atoms with van der Waals surface area (Å²) in [5.41, 5.74) is 5.35. The molecule has 0 saturated heterocycles.